The number of halogens is 3. The Balaban J connectivity index is 0.000000580. The summed E-state index contributed by atoms with van der Waals surface area (Å²) in [4.78, 5) is 0. The first-order chi connectivity index (χ1) is 46.3. The fourth-order valence-corrected chi connectivity index (χ4v) is 13.5. The van der Waals surface area contributed by atoms with Gasteiger partial charge in [0.25, 0.3) is 0 Å². The first-order valence-electron chi connectivity index (χ1n) is 31.0. The van der Waals surface area contributed by atoms with Crippen LogP contribution in [0.3, 0.4) is 0 Å². The van der Waals surface area contributed by atoms with Crippen LogP contribution in [-0.4, -0.2) is 13.7 Å². The van der Waals surface area contributed by atoms with Crippen molar-refractivity contribution in [1.29, 1.82) is 10.5 Å². The summed E-state index contributed by atoms with van der Waals surface area (Å²) in [6, 6.07) is 115. The topological polar surface area (TPSA) is 62.4 Å². The molecule has 17 aromatic rings. The Morgan fingerprint density at radius 2 is 0.468 bits per heavy atom. The molecule has 0 spiro atoms. The Morgan fingerprint density at radius 3 is 0.691 bits per heavy atom. The first-order valence-corrected chi connectivity index (χ1v) is 31.0. The van der Waals surface area contributed by atoms with Crippen molar-refractivity contribution in [3.05, 3.63) is 344 Å². The summed E-state index contributed by atoms with van der Waals surface area (Å²) in [7, 11) is 0. The number of nitriles is 2. The van der Waals surface area contributed by atoms with Crippen LogP contribution in [0.25, 0.3) is 149 Å². The molecule has 17 rings (SSSR count). The SMILES string of the molecule is N#Cc1c(-n2c3ccc(-c4ccccc4)cc3c3cc(-c4ccccc4)ccc32)cc(-n2c3ccc(-c4ccccc4)cc3c3cc(-c4ccccc4)ccc32)cc1-n1c2ccc(-c3ccccc3)cc2c2cc(-c3ccccc3)ccc21.N#Cc1cc(F)c(F)c(F)c1. The van der Waals surface area contributed by atoms with Gasteiger partial charge in [0.1, 0.15) is 11.6 Å². The van der Waals surface area contributed by atoms with Crippen molar-refractivity contribution in [2.24, 2.45) is 0 Å². The van der Waals surface area contributed by atoms with Crippen LogP contribution in [0.15, 0.2) is 315 Å². The minimum absolute atomic E-state index is 0.235. The molecule has 0 atom stereocenters. The summed E-state index contributed by atoms with van der Waals surface area (Å²) in [6.07, 6.45) is 0. The second kappa shape index (κ2) is 23.6. The van der Waals surface area contributed by atoms with E-state index in [0.717, 1.165) is 149 Å². The number of fused-ring (bicyclic) bond motifs is 9. The highest BCUT2D eigenvalue weighted by atomic mass is 19.2. The molecule has 5 nitrogen and oxygen atoms in total. The van der Waals surface area contributed by atoms with E-state index < -0.39 is 17.5 Å². The van der Waals surface area contributed by atoms with Crippen LogP contribution >= 0.6 is 0 Å². The molecule has 0 amide bonds. The zero-order chi connectivity index (χ0) is 63.4. The van der Waals surface area contributed by atoms with E-state index in [1.54, 1.807) is 0 Å². The molecule has 8 heteroatoms. The standard InChI is InChI=1S/C79H50N4.C7H2F3N/c80-51-71-78(82-74-39-33-60(54-23-11-3-12-24-54)45-67(74)68-46-61(34-40-75(68)82)55-25-13-4-14-26-55)49-64(81-72-37-31-58(52-19-7-1-8-20-52)43-65(72)66-44-59(32-38-73(66)81)53-21-9-2-10-22-53)50-79(71)83-76-41-35-62(56-27-15-5-16-28-56)47-69(76)70-48-63(36-42-77(70)83)57-29-17-6-18-30-57;8-5-1-4(3-11)2-6(9)7(5)10/h1-50H;1-2H. The first kappa shape index (κ1) is 56.5. The summed E-state index contributed by atoms with van der Waals surface area (Å²) < 4.78 is 43.8. The van der Waals surface area contributed by atoms with Crippen molar-refractivity contribution in [3.63, 3.8) is 0 Å². The van der Waals surface area contributed by atoms with Crippen LogP contribution in [0.1, 0.15) is 11.1 Å². The van der Waals surface area contributed by atoms with Gasteiger partial charge < -0.3 is 13.7 Å². The Morgan fingerprint density at radius 1 is 0.234 bits per heavy atom. The molecule has 0 saturated carbocycles. The molecule has 0 unspecified atom stereocenters. The van der Waals surface area contributed by atoms with Crippen molar-refractivity contribution in [3.8, 4) is 96.0 Å². The normalized spacial score (nSPS) is 11.3. The monoisotopic (exact) mass is 1210 g/mol. The quantitative estimate of drug-likeness (QED) is 0.135. The van der Waals surface area contributed by atoms with E-state index in [9.17, 15) is 18.4 Å². The van der Waals surface area contributed by atoms with Crippen molar-refractivity contribution in [1.82, 2.24) is 13.7 Å². The number of aromatic nitrogens is 3. The number of hydrogen-bond donors (Lipinski definition) is 0. The van der Waals surface area contributed by atoms with Crippen LogP contribution in [0.5, 0.6) is 0 Å². The van der Waals surface area contributed by atoms with Crippen molar-refractivity contribution in [2.45, 2.75) is 0 Å². The maximum atomic E-state index is 12.3. The fourth-order valence-electron chi connectivity index (χ4n) is 13.5. The largest absolute Gasteiger partial charge is 0.309 e. The minimum atomic E-state index is -1.55. The maximum absolute atomic E-state index is 12.3. The third-order valence-electron chi connectivity index (χ3n) is 18.0. The van der Waals surface area contributed by atoms with E-state index in [1.165, 1.54) is 6.07 Å². The summed E-state index contributed by atoms with van der Waals surface area (Å²) >= 11 is 0. The maximum Gasteiger partial charge on any atom is 0.194 e. The van der Waals surface area contributed by atoms with Crippen LogP contribution in [0.2, 0.25) is 0 Å². The van der Waals surface area contributed by atoms with E-state index in [0.29, 0.717) is 17.7 Å². The zero-order valence-corrected chi connectivity index (χ0v) is 50.4. The molecule has 0 fully saturated rings. The van der Waals surface area contributed by atoms with Gasteiger partial charge >= 0.3 is 0 Å². The number of nitrogens with zero attached hydrogens (tertiary/aromatic N) is 5. The van der Waals surface area contributed by atoms with Gasteiger partial charge in [-0.1, -0.05) is 218 Å². The molecule has 3 heterocycles. The average Bonchev–Trinajstić information content (AvgIpc) is 1.56. The molecule has 0 aliphatic carbocycles. The van der Waals surface area contributed by atoms with Gasteiger partial charge in [0, 0.05) is 32.3 Å². The van der Waals surface area contributed by atoms with Gasteiger partial charge in [-0.3, -0.25) is 0 Å². The van der Waals surface area contributed by atoms with Crippen molar-refractivity contribution >= 4 is 65.4 Å². The van der Waals surface area contributed by atoms with Crippen molar-refractivity contribution in [2.75, 3.05) is 0 Å². The molecule has 3 aromatic heterocycles. The van der Waals surface area contributed by atoms with E-state index in [4.69, 9.17) is 5.26 Å². The third kappa shape index (κ3) is 9.91. The molecule has 0 saturated heterocycles. The highest BCUT2D eigenvalue weighted by molar-refractivity contribution is 6.15. The Kier molecular flexibility index (Phi) is 14.2. The summed E-state index contributed by atoms with van der Waals surface area (Å²) in [5.74, 6) is -4.24. The zero-order valence-electron chi connectivity index (χ0n) is 50.4. The summed E-state index contributed by atoms with van der Waals surface area (Å²) in [6.45, 7) is 0. The van der Waals surface area contributed by atoms with Gasteiger partial charge in [-0.15, -0.1) is 0 Å². The lowest BCUT2D eigenvalue weighted by molar-refractivity contribution is 0.446. The minimum Gasteiger partial charge on any atom is -0.309 e. The number of rotatable bonds is 9. The van der Waals surface area contributed by atoms with Crippen LogP contribution in [0.4, 0.5) is 13.2 Å². The molecule has 0 aliphatic rings. The fraction of sp³-hybridized carbons (Fsp3) is 0. The van der Waals surface area contributed by atoms with Crippen LogP contribution in [0, 0.1) is 40.1 Å². The van der Waals surface area contributed by atoms with Gasteiger partial charge in [-0.2, -0.15) is 10.5 Å². The van der Waals surface area contributed by atoms with Gasteiger partial charge in [0.05, 0.1) is 61.8 Å². The van der Waals surface area contributed by atoms with Crippen LogP contribution < -0.4 is 0 Å². The lowest BCUT2D eigenvalue weighted by atomic mass is 10.0. The highest BCUT2D eigenvalue weighted by Crippen LogP contribution is 2.45. The molecule has 0 N–H and O–H groups in total. The second-order valence-electron chi connectivity index (χ2n) is 23.4. The molecule has 442 valence electrons. The average molecular weight is 1210 g/mol. The highest BCUT2D eigenvalue weighted by Gasteiger charge is 2.26. The van der Waals surface area contributed by atoms with E-state index >= 15 is 0 Å². The van der Waals surface area contributed by atoms with Crippen molar-refractivity contribution < 1.29 is 13.2 Å². The number of hydrogen-bond acceptors (Lipinski definition) is 2. The summed E-state index contributed by atoms with van der Waals surface area (Å²) in [5.41, 5.74) is 22.7. The molecular formula is C86H52F3N5. The molecule has 14 aromatic carbocycles. The molecule has 0 bridgehead atoms. The lowest BCUT2D eigenvalue weighted by Gasteiger charge is -2.20. The molecule has 94 heavy (non-hydrogen) atoms. The van der Waals surface area contributed by atoms with Gasteiger partial charge in [0.15, 0.2) is 17.5 Å². The Hall–Kier alpha value is -12.8. The van der Waals surface area contributed by atoms with Gasteiger partial charge in [0.2, 0.25) is 0 Å². The predicted molar refractivity (Wildman–Crippen MR) is 378 cm³/mol. The van der Waals surface area contributed by atoms with Gasteiger partial charge in [-0.25, -0.2) is 13.2 Å². The predicted octanol–water partition coefficient (Wildman–Crippen LogP) is 22.8. The smallest absolute Gasteiger partial charge is 0.194 e. The van der Waals surface area contributed by atoms with E-state index in [-0.39, 0.29) is 5.56 Å². The number of benzene rings is 14. The Bertz CT molecular complexity index is 5350. The second-order valence-corrected chi connectivity index (χ2v) is 23.4. The molecular weight excluding hydrogens is 1160 g/mol. The lowest BCUT2D eigenvalue weighted by Crippen LogP contribution is -2.07. The Labute approximate surface area is 539 Å². The van der Waals surface area contributed by atoms with Gasteiger partial charge in [-0.05, 0) is 164 Å². The van der Waals surface area contributed by atoms with Crippen LogP contribution in [-0.2, 0) is 0 Å². The van der Waals surface area contributed by atoms with E-state index in [1.807, 2.05) is 0 Å². The van der Waals surface area contributed by atoms with E-state index in [2.05, 4.69) is 323 Å². The summed E-state index contributed by atoms with van der Waals surface area (Å²) in [5, 5.41) is 27.1. The third-order valence-corrected chi connectivity index (χ3v) is 18.0. The molecule has 0 radical (unpaired) electrons. The molecule has 0 aliphatic heterocycles.